The van der Waals surface area contributed by atoms with E-state index in [1.807, 2.05) is 48.5 Å². The van der Waals surface area contributed by atoms with Gasteiger partial charge in [-0.15, -0.1) is 0 Å². The zero-order valence-electron chi connectivity index (χ0n) is 23.1. The van der Waals surface area contributed by atoms with Crippen LogP contribution in [0.4, 0.5) is 34.1 Å². The second-order valence-electron chi connectivity index (χ2n) is 10.8. The Hall–Kier alpha value is -4.38. The van der Waals surface area contributed by atoms with E-state index in [0.717, 1.165) is 51.8 Å². The Morgan fingerprint density at radius 3 is 1.62 bits per heavy atom. The number of carbonyl (C=O) groups excluding carboxylic acids is 2. The van der Waals surface area contributed by atoms with E-state index in [1.165, 1.54) is 4.90 Å². The highest BCUT2D eigenvalue weighted by Gasteiger charge is 2.40. The minimum atomic E-state index is -0.263. The van der Waals surface area contributed by atoms with Gasteiger partial charge in [0.15, 0.2) is 0 Å². The van der Waals surface area contributed by atoms with Gasteiger partial charge in [-0.1, -0.05) is 70.2 Å². The van der Waals surface area contributed by atoms with E-state index in [4.69, 9.17) is 0 Å². The Kier molecular flexibility index (Phi) is 6.02. The number of fused-ring (bicyclic) bond motifs is 3. The molecular formula is C34H33N3O2. The number of hydrogen-bond acceptors (Lipinski definition) is 4. The van der Waals surface area contributed by atoms with Gasteiger partial charge < -0.3 is 9.80 Å². The third-order valence-electron chi connectivity index (χ3n) is 7.84. The Morgan fingerprint density at radius 1 is 0.590 bits per heavy atom. The molecule has 2 amide bonds. The summed E-state index contributed by atoms with van der Waals surface area (Å²) in [4.78, 5) is 33.8. The third-order valence-corrected chi connectivity index (χ3v) is 7.84. The molecular weight excluding hydrogens is 482 g/mol. The van der Waals surface area contributed by atoms with Crippen molar-refractivity contribution in [2.75, 3.05) is 21.2 Å². The van der Waals surface area contributed by atoms with Crippen molar-refractivity contribution >= 4 is 45.9 Å². The van der Waals surface area contributed by atoms with Crippen molar-refractivity contribution in [2.45, 2.75) is 46.5 Å². The lowest BCUT2D eigenvalue weighted by atomic mass is 9.92. The fourth-order valence-electron chi connectivity index (χ4n) is 5.98. The van der Waals surface area contributed by atoms with E-state index in [-0.39, 0.29) is 23.7 Å². The van der Waals surface area contributed by atoms with Crippen LogP contribution in [0.5, 0.6) is 0 Å². The maximum Gasteiger partial charge on any atom is 0.266 e. The predicted octanol–water partition coefficient (Wildman–Crippen LogP) is 8.68. The molecule has 4 aromatic rings. The van der Waals surface area contributed by atoms with Crippen LogP contribution in [-0.4, -0.2) is 18.4 Å². The van der Waals surface area contributed by atoms with Crippen LogP contribution in [0.3, 0.4) is 0 Å². The molecule has 0 fully saturated rings. The molecule has 0 bridgehead atoms. The lowest BCUT2D eigenvalue weighted by Gasteiger charge is -2.40. The maximum atomic E-state index is 14.1. The summed E-state index contributed by atoms with van der Waals surface area (Å²) in [6, 6.07) is 28.4. The van der Waals surface area contributed by atoms with E-state index in [0.29, 0.717) is 11.1 Å². The van der Waals surface area contributed by atoms with Crippen molar-refractivity contribution in [1.82, 2.24) is 0 Å². The second-order valence-corrected chi connectivity index (χ2v) is 10.8. The maximum absolute atomic E-state index is 14.1. The molecule has 0 aromatic heterocycles. The summed E-state index contributed by atoms with van der Waals surface area (Å²) in [6.45, 7) is 11.4. The standard InChI is InChI=1S/C34H33N3O2/c1-6-35-28-14-7-9-16-30(28)36(31-17-10-8-15-29(31)35)23-18-19-26-27(20-23)34(39)37(33(26)38)32-24(21(2)3)12-11-13-25(32)22(4)5/h7-22H,6H2,1-5H3. The molecule has 2 aliphatic rings. The zero-order chi connectivity index (χ0) is 27.4. The Labute approximate surface area is 230 Å². The smallest absolute Gasteiger partial charge is 0.266 e. The molecule has 5 nitrogen and oxygen atoms in total. The Bertz CT molecular complexity index is 1550. The molecule has 2 aliphatic heterocycles. The first-order chi connectivity index (χ1) is 18.8. The van der Waals surface area contributed by atoms with Gasteiger partial charge in [0.2, 0.25) is 0 Å². The summed E-state index contributed by atoms with van der Waals surface area (Å²) < 4.78 is 0. The van der Waals surface area contributed by atoms with Crippen molar-refractivity contribution in [2.24, 2.45) is 0 Å². The summed E-state index contributed by atoms with van der Waals surface area (Å²) in [5, 5.41) is 0. The van der Waals surface area contributed by atoms with Crippen LogP contribution in [0.15, 0.2) is 84.9 Å². The first-order valence-electron chi connectivity index (χ1n) is 13.7. The predicted molar refractivity (Wildman–Crippen MR) is 160 cm³/mol. The van der Waals surface area contributed by atoms with Gasteiger partial charge >= 0.3 is 0 Å². The quantitative estimate of drug-likeness (QED) is 0.249. The van der Waals surface area contributed by atoms with Crippen molar-refractivity contribution in [3.05, 3.63) is 107 Å². The molecule has 0 saturated heterocycles. The number of nitrogens with zero attached hydrogens (tertiary/aromatic N) is 3. The molecule has 0 atom stereocenters. The van der Waals surface area contributed by atoms with Gasteiger partial charge in [-0.25, -0.2) is 4.90 Å². The summed E-state index contributed by atoms with van der Waals surface area (Å²) in [7, 11) is 0. The number of imide groups is 1. The van der Waals surface area contributed by atoms with E-state index < -0.39 is 0 Å². The lowest BCUT2D eigenvalue weighted by Crippen LogP contribution is -2.31. The molecule has 0 spiro atoms. The van der Waals surface area contributed by atoms with Gasteiger partial charge in [0.05, 0.1) is 39.6 Å². The lowest BCUT2D eigenvalue weighted by molar-refractivity contribution is 0.0925. The van der Waals surface area contributed by atoms with Crippen LogP contribution >= 0.6 is 0 Å². The minimum absolute atomic E-state index is 0.168. The fraction of sp³-hybridized carbons (Fsp3) is 0.235. The topological polar surface area (TPSA) is 43.9 Å². The average molecular weight is 516 g/mol. The summed E-state index contributed by atoms with van der Waals surface area (Å²) >= 11 is 0. The molecule has 0 aliphatic carbocycles. The molecule has 0 radical (unpaired) electrons. The highest BCUT2D eigenvalue weighted by molar-refractivity contribution is 6.35. The SMILES string of the molecule is CCN1c2ccccc2N(c2ccc3c(c2)C(=O)N(c2c(C(C)C)cccc2C(C)C)C3=O)c2ccccc21. The molecule has 196 valence electrons. The molecule has 5 heteroatoms. The highest BCUT2D eigenvalue weighted by Crippen LogP contribution is 2.51. The van der Waals surface area contributed by atoms with Gasteiger partial charge in [-0.2, -0.15) is 0 Å². The molecule has 0 N–H and O–H groups in total. The first kappa shape index (κ1) is 24.9. The highest BCUT2D eigenvalue weighted by atomic mass is 16.2. The van der Waals surface area contributed by atoms with E-state index in [1.54, 1.807) is 0 Å². The normalized spacial score (nSPS) is 14.3. The number of rotatable bonds is 5. The summed E-state index contributed by atoms with van der Waals surface area (Å²) in [6.07, 6.45) is 0. The van der Waals surface area contributed by atoms with E-state index in [2.05, 4.69) is 80.8 Å². The number of carbonyl (C=O) groups is 2. The number of benzene rings is 4. The zero-order valence-corrected chi connectivity index (χ0v) is 23.1. The van der Waals surface area contributed by atoms with Crippen molar-refractivity contribution in [1.29, 1.82) is 0 Å². The van der Waals surface area contributed by atoms with Crippen molar-refractivity contribution in [3.63, 3.8) is 0 Å². The number of amides is 2. The number of hydrogen-bond donors (Lipinski definition) is 0. The van der Waals surface area contributed by atoms with Gasteiger partial charge in [0.1, 0.15) is 0 Å². The fourth-order valence-corrected chi connectivity index (χ4v) is 5.98. The van der Waals surface area contributed by atoms with Crippen molar-refractivity contribution in [3.8, 4) is 0 Å². The summed E-state index contributed by atoms with van der Waals surface area (Å²) in [5.41, 5.74) is 8.80. The second kappa shape index (κ2) is 9.42. The molecule has 4 aromatic carbocycles. The van der Waals surface area contributed by atoms with Crippen LogP contribution in [0.1, 0.15) is 78.3 Å². The average Bonchev–Trinajstić information content (AvgIpc) is 3.19. The minimum Gasteiger partial charge on any atom is -0.338 e. The third kappa shape index (κ3) is 3.75. The van der Waals surface area contributed by atoms with Gasteiger partial charge in [-0.05, 0) is 72.4 Å². The molecule has 0 unspecified atom stereocenters. The Balaban J connectivity index is 1.50. The first-order valence-corrected chi connectivity index (χ1v) is 13.7. The molecule has 0 saturated carbocycles. The van der Waals surface area contributed by atoms with Crippen LogP contribution in [0, 0.1) is 0 Å². The van der Waals surface area contributed by atoms with Crippen LogP contribution in [0.2, 0.25) is 0 Å². The van der Waals surface area contributed by atoms with Crippen LogP contribution in [0.25, 0.3) is 0 Å². The monoisotopic (exact) mass is 515 g/mol. The van der Waals surface area contributed by atoms with Gasteiger partial charge in [-0.3, -0.25) is 9.59 Å². The molecule has 6 rings (SSSR count). The van der Waals surface area contributed by atoms with E-state index in [9.17, 15) is 9.59 Å². The molecule has 39 heavy (non-hydrogen) atoms. The number of para-hydroxylation sites is 5. The molecule has 2 heterocycles. The number of anilines is 6. The van der Waals surface area contributed by atoms with Crippen molar-refractivity contribution < 1.29 is 9.59 Å². The van der Waals surface area contributed by atoms with E-state index >= 15 is 0 Å². The van der Waals surface area contributed by atoms with Crippen LogP contribution < -0.4 is 14.7 Å². The van der Waals surface area contributed by atoms with Crippen LogP contribution in [-0.2, 0) is 0 Å². The van der Waals surface area contributed by atoms with Gasteiger partial charge in [0.25, 0.3) is 11.8 Å². The Morgan fingerprint density at radius 2 is 1.10 bits per heavy atom. The summed E-state index contributed by atoms with van der Waals surface area (Å²) in [5.74, 6) is -0.184. The van der Waals surface area contributed by atoms with Gasteiger partial charge in [0, 0.05) is 12.2 Å². The largest absolute Gasteiger partial charge is 0.338 e.